The van der Waals surface area contributed by atoms with E-state index in [1.54, 1.807) is 22.7 Å². The van der Waals surface area contributed by atoms with Crippen LogP contribution >= 0.6 is 22.7 Å². The lowest BCUT2D eigenvalue weighted by Gasteiger charge is -2.23. The molecule has 0 fully saturated rings. The lowest BCUT2D eigenvalue weighted by atomic mass is 9.80. The SMILES string of the molecule is c1ccc2c(c1)-c1ccccc1-c1ccc(-c3cc(-c4ccc5sc6cccnc6c5c4)cc(-c4ccc5sc6cccnc6c5c4)c3)cc1-c1ccccc1-2. The van der Waals surface area contributed by atoms with E-state index in [0.29, 0.717) is 0 Å². The van der Waals surface area contributed by atoms with E-state index in [0.717, 1.165) is 11.0 Å². The first-order valence-corrected chi connectivity index (χ1v) is 20.5. The highest BCUT2D eigenvalue weighted by atomic mass is 32.1. The van der Waals surface area contributed by atoms with Gasteiger partial charge in [-0.2, -0.15) is 0 Å². The molecule has 0 N–H and O–H groups in total. The average Bonchev–Trinajstić information content (AvgIpc) is 3.83. The van der Waals surface area contributed by atoms with Crippen molar-refractivity contribution in [3.05, 3.63) is 182 Å². The number of rotatable bonds is 3. The quantitative estimate of drug-likeness (QED) is 0.180. The summed E-state index contributed by atoms with van der Waals surface area (Å²) in [7, 11) is 0. The van der Waals surface area contributed by atoms with Crippen LogP contribution in [0.2, 0.25) is 0 Å². The van der Waals surface area contributed by atoms with Gasteiger partial charge in [-0.05, 0) is 151 Å². The Kier molecular flexibility index (Phi) is 7.00. The molecule has 56 heavy (non-hydrogen) atoms. The van der Waals surface area contributed by atoms with Gasteiger partial charge >= 0.3 is 0 Å². The Balaban J connectivity index is 1.10. The number of aromatic nitrogens is 2. The molecule has 7 aromatic carbocycles. The summed E-state index contributed by atoms with van der Waals surface area (Å²) in [5.41, 5.74) is 19.2. The first-order valence-electron chi connectivity index (χ1n) is 18.9. The molecule has 12 rings (SSSR count). The summed E-state index contributed by atoms with van der Waals surface area (Å²) < 4.78 is 4.93. The van der Waals surface area contributed by atoms with E-state index in [1.807, 2.05) is 24.5 Å². The minimum Gasteiger partial charge on any atom is -0.255 e. The Labute approximate surface area is 331 Å². The number of pyridine rings is 2. The summed E-state index contributed by atoms with van der Waals surface area (Å²) in [6.45, 7) is 0. The van der Waals surface area contributed by atoms with Crippen molar-refractivity contribution < 1.29 is 0 Å². The van der Waals surface area contributed by atoms with Crippen LogP contribution < -0.4 is 0 Å². The summed E-state index contributed by atoms with van der Waals surface area (Å²) >= 11 is 3.61. The predicted molar refractivity (Wildman–Crippen MR) is 239 cm³/mol. The number of benzene rings is 7. The first kappa shape index (κ1) is 31.6. The van der Waals surface area contributed by atoms with Gasteiger partial charge in [0.15, 0.2) is 0 Å². The van der Waals surface area contributed by atoms with Crippen LogP contribution in [0, 0.1) is 0 Å². The zero-order chi connectivity index (χ0) is 36.7. The van der Waals surface area contributed by atoms with Gasteiger partial charge in [0, 0.05) is 32.6 Å². The molecule has 1 aliphatic rings. The number of nitrogens with zero attached hydrogens (tertiary/aromatic N) is 2. The summed E-state index contributed by atoms with van der Waals surface area (Å²) in [5.74, 6) is 0. The summed E-state index contributed by atoms with van der Waals surface area (Å²) in [6.07, 6.45) is 3.79. The second-order valence-electron chi connectivity index (χ2n) is 14.5. The molecular formula is C52H30N2S2. The highest BCUT2D eigenvalue weighted by Gasteiger charge is 2.22. The summed E-state index contributed by atoms with van der Waals surface area (Å²) in [4.78, 5) is 9.58. The van der Waals surface area contributed by atoms with Gasteiger partial charge in [-0.25, -0.2) is 0 Å². The Bertz CT molecular complexity index is 3250. The lowest BCUT2D eigenvalue weighted by Crippen LogP contribution is -1.97. The molecule has 4 heteroatoms. The van der Waals surface area contributed by atoms with E-state index >= 15 is 0 Å². The number of thiophene rings is 2. The van der Waals surface area contributed by atoms with Crippen LogP contribution in [-0.4, -0.2) is 9.97 Å². The Morgan fingerprint density at radius 3 is 1.09 bits per heavy atom. The van der Waals surface area contributed by atoms with E-state index in [9.17, 15) is 0 Å². The minimum atomic E-state index is 1.07. The molecular weight excluding hydrogens is 717 g/mol. The third-order valence-electron chi connectivity index (χ3n) is 11.3. The molecule has 0 saturated heterocycles. The molecule has 11 aromatic rings. The normalized spacial score (nSPS) is 11.9. The van der Waals surface area contributed by atoms with Gasteiger partial charge in [-0.15, -0.1) is 22.7 Å². The van der Waals surface area contributed by atoms with Crippen LogP contribution in [-0.2, 0) is 0 Å². The van der Waals surface area contributed by atoms with Gasteiger partial charge in [-0.3, -0.25) is 9.97 Å². The minimum absolute atomic E-state index is 1.07. The zero-order valence-electron chi connectivity index (χ0n) is 30.0. The van der Waals surface area contributed by atoms with Crippen molar-refractivity contribution in [2.45, 2.75) is 0 Å². The van der Waals surface area contributed by atoms with Gasteiger partial charge in [0.25, 0.3) is 0 Å². The number of hydrogen-bond donors (Lipinski definition) is 0. The van der Waals surface area contributed by atoms with Crippen molar-refractivity contribution in [1.82, 2.24) is 9.97 Å². The highest BCUT2D eigenvalue weighted by molar-refractivity contribution is 7.26. The van der Waals surface area contributed by atoms with Crippen LogP contribution in [0.4, 0.5) is 0 Å². The topological polar surface area (TPSA) is 25.8 Å². The molecule has 0 unspecified atom stereocenters. The predicted octanol–water partition coefficient (Wildman–Crippen LogP) is 15.2. The van der Waals surface area contributed by atoms with E-state index in [4.69, 9.17) is 9.97 Å². The van der Waals surface area contributed by atoms with Crippen molar-refractivity contribution in [3.8, 4) is 77.9 Å². The number of fused-ring (bicyclic) bond motifs is 14. The molecule has 260 valence electrons. The van der Waals surface area contributed by atoms with Gasteiger partial charge in [-0.1, -0.05) is 97.1 Å². The van der Waals surface area contributed by atoms with Gasteiger partial charge in [0.05, 0.1) is 20.4 Å². The fourth-order valence-corrected chi connectivity index (χ4v) is 10.8. The highest BCUT2D eigenvalue weighted by Crippen LogP contribution is 2.49. The molecule has 0 amide bonds. The van der Waals surface area contributed by atoms with Crippen molar-refractivity contribution in [2.75, 3.05) is 0 Å². The zero-order valence-corrected chi connectivity index (χ0v) is 31.7. The average molecular weight is 747 g/mol. The molecule has 0 saturated carbocycles. The monoisotopic (exact) mass is 746 g/mol. The Hall–Kier alpha value is -6.72. The molecule has 4 heterocycles. The lowest BCUT2D eigenvalue weighted by molar-refractivity contribution is 1.44. The van der Waals surface area contributed by atoms with Crippen LogP contribution in [0.25, 0.3) is 118 Å². The van der Waals surface area contributed by atoms with Crippen LogP contribution in [0.1, 0.15) is 0 Å². The van der Waals surface area contributed by atoms with Gasteiger partial charge in [0.1, 0.15) is 0 Å². The van der Waals surface area contributed by atoms with Crippen molar-refractivity contribution in [1.29, 1.82) is 0 Å². The molecule has 0 radical (unpaired) electrons. The van der Waals surface area contributed by atoms with Gasteiger partial charge in [0.2, 0.25) is 0 Å². The second-order valence-corrected chi connectivity index (χ2v) is 16.7. The first-order chi connectivity index (χ1) is 27.7. The van der Waals surface area contributed by atoms with Crippen LogP contribution in [0.15, 0.2) is 182 Å². The molecule has 1 aliphatic carbocycles. The van der Waals surface area contributed by atoms with Crippen molar-refractivity contribution >= 4 is 63.3 Å². The molecule has 2 nitrogen and oxygen atoms in total. The van der Waals surface area contributed by atoms with Crippen LogP contribution in [0.3, 0.4) is 0 Å². The fraction of sp³-hybridized carbons (Fsp3) is 0. The largest absolute Gasteiger partial charge is 0.255 e. The third kappa shape index (κ3) is 4.93. The van der Waals surface area contributed by atoms with Crippen LogP contribution in [0.5, 0.6) is 0 Å². The maximum atomic E-state index is 4.79. The maximum absolute atomic E-state index is 4.79. The second kappa shape index (κ2) is 12.4. The van der Waals surface area contributed by atoms with Gasteiger partial charge < -0.3 is 0 Å². The van der Waals surface area contributed by atoms with E-state index in [1.165, 1.54) is 107 Å². The van der Waals surface area contributed by atoms with E-state index in [-0.39, 0.29) is 0 Å². The Morgan fingerprint density at radius 1 is 0.268 bits per heavy atom. The smallest absolute Gasteiger partial charge is 0.0888 e. The molecule has 0 bridgehead atoms. The maximum Gasteiger partial charge on any atom is 0.0888 e. The molecule has 0 aliphatic heterocycles. The standard InChI is InChI=1S/C52H30N2S2/c1-2-10-38-37(9-1)39-11-3-4-13-41(39)43-20-17-31(28-44(43)42-14-6-5-12-40(38)42)34-25-35(32-18-21-47-45(29-32)51-49(55-47)15-7-23-53-51)27-36(26-34)33-19-22-48-46(30-33)52-50(56-48)16-8-24-54-52/h1-30H. The number of hydrogen-bond acceptors (Lipinski definition) is 4. The van der Waals surface area contributed by atoms with Crippen molar-refractivity contribution in [3.63, 3.8) is 0 Å². The van der Waals surface area contributed by atoms with E-state index < -0.39 is 0 Å². The fourth-order valence-electron chi connectivity index (χ4n) is 8.72. The molecule has 4 aromatic heterocycles. The third-order valence-corrected chi connectivity index (χ3v) is 13.6. The molecule has 0 atom stereocenters. The van der Waals surface area contributed by atoms with E-state index in [2.05, 4.69) is 158 Å². The summed E-state index contributed by atoms with van der Waals surface area (Å²) in [6, 6.07) is 62.8. The summed E-state index contributed by atoms with van der Waals surface area (Å²) in [5, 5.41) is 2.40. The van der Waals surface area contributed by atoms with Crippen molar-refractivity contribution in [2.24, 2.45) is 0 Å². The molecule has 0 spiro atoms. The Morgan fingerprint density at radius 2 is 0.643 bits per heavy atom.